The molecule has 16 heavy (non-hydrogen) atoms. The quantitative estimate of drug-likeness (QED) is 0.750. The fraction of sp³-hybridized carbons (Fsp3) is 1.00. The Morgan fingerprint density at radius 2 is 1.75 bits per heavy atom. The molecule has 0 aliphatic heterocycles. The highest BCUT2D eigenvalue weighted by Crippen LogP contribution is 2.34. The van der Waals surface area contributed by atoms with Crippen LogP contribution in [0.25, 0.3) is 0 Å². The second kappa shape index (κ2) is 6.02. The van der Waals surface area contributed by atoms with Gasteiger partial charge < -0.3 is 10.1 Å². The first-order chi connectivity index (χ1) is 7.81. The predicted octanol–water partition coefficient (Wildman–Crippen LogP) is 2.97. The molecule has 2 aliphatic rings. The van der Waals surface area contributed by atoms with E-state index in [1.807, 2.05) is 7.11 Å². The molecule has 0 radical (unpaired) electrons. The van der Waals surface area contributed by atoms with Crippen LogP contribution in [0.1, 0.15) is 51.9 Å². The van der Waals surface area contributed by atoms with Gasteiger partial charge in [0.2, 0.25) is 0 Å². The second-order valence-corrected chi connectivity index (χ2v) is 5.75. The van der Waals surface area contributed by atoms with Crippen molar-refractivity contribution < 1.29 is 4.74 Å². The van der Waals surface area contributed by atoms with Crippen LogP contribution in [-0.4, -0.2) is 25.8 Å². The van der Waals surface area contributed by atoms with E-state index in [4.69, 9.17) is 4.74 Å². The van der Waals surface area contributed by atoms with Crippen LogP contribution < -0.4 is 5.32 Å². The van der Waals surface area contributed by atoms with Gasteiger partial charge in [-0.1, -0.05) is 19.3 Å². The van der Waals surface area contributed by atoms with Crippen molar-refractivity contribution in [2.24, 2.45) is 11.8 Å². The first-order valence-corrected chi connectivity index (χ1v) is 7.06. The van der Waals surface area contributed by atoms with Crippen LogP contribution in [-0.2, 0) is 4.74 Å². The van der Waals surface area contributed by atoms with E-state index in [9.17, 15) is 0 Å². The van der Waals surface area contributed by atoms with Crippen molar-refractivity contribution in [1.82, 2.24) is 5.32 Å². The molecule has 0 aromatic carbocycles. The van der Waals surface area contributed by atoms with E-state index in [0.29, 0.717) is 12.1 Å². The average molecular weight is 225 g/mol. The van der Waals surface area contributed by atoms with Crippen LogP contribution >= 0.6 is 0 Å². The number of rotatable bonds is 6. The maximum absolute atomic E-state index is 5.33. The first kappa shape index (κ1) is 12.4. The Hall–Kier alpha value is -0.0800. The summed E-state index contributed by atoms with van der Waals surface area (Å²) in [5.41, 5.74) is 0. The van der Waals surface area contributed by atoms with Gasteiger partial charge in [0.15, 0.2) is 0 Å². The van der Waals surface area contributed by atoms with Crippen LogP contribution in [0.15, 0.2) is 0 Å². The lowest BCUT2D eigenvalue weighted by molar-refractivity contribution is 0.141. The van der Waals surface area contributed by atoms with Gasteiger partial charge in [-0.2, -0.15) is 0 Å². The molecule has 1 N–H and O–H groups in total. The van der Waals surface area contributed by atoms with Crippen LogP contribution in [0, 0.1) is 11.8 Å². The normalized spacial score (nSPS) is 26.6. The summed E-state index contributed by atoms with van der Waals surface area (Å²) in [5, 5.41) is 3.82. The van der Waals surface area contributed by atoms with E-state index in [0.717, 1.165) is 18.4 Å². The van der Waals surface area contributed by atoms with Crippen LogP contribution in [0.2, 0.25) is 0 Å². The van der Waals surface area contributed by atoms with Gasteiger partial charge in [-0.15, -0.1) is 0 Å². The molecule has 0 bridgehead atoms. The Balaban J connectivity index is 1.76. The number of hydrogen-bond acceptors (Lipinski definition) is 2. The zero-order valence-corrected chi connectivity index (χ0v) is 10.9. The van der Waals surface area contributed by atoms with Gasteiger partial charge >= 0.3 is 0 Å². The van der Waals surface area contributed by atoms with Crippen molar-refractivity contribution in [1.29, 1.82) is 0 Å². The van der Waals surface area contributed by atoms with Crippen LogP contribution in [0.3, 0.4) is 0 Å². The van der Waals surface area contributed by atoms with Gasteiger partial charge in [-0.3, -0.25) is 0 Å². The number of nitrogens with one attached hydrogen (secondary N) is 1. The Labute approximate surface area is 100 Å². The minimum Gasteiger partial charge on any atom is -0.383 e. The van der Waals surface area contributed by atoms with Gasteiger partial charge in [0, 0.05) is 19.2 Å². The molecule has 0 saturated heterocycles. The van der Waals surface area contributed by atoms with Crippen LogP contribution in [0.4, 0.5) is 0 Å². The summed E-state index contributed by atoms with van der Waals surface area (Å²) in [7, 11) is 1.82. The molecular formula is C14H27NO. The predicted molar refractivity (Wildman–Crippen MR) is 67.6 cm³/mol. The maximum Gasteiger partial charge on any atom is 0.0618 e. The van der Waals surface area contributed by atoms with Gasteiger partial charge in [0.05, 0.1) is 6.61 Å². The van der Waals surface area contributed by atoms with E-state index >= 15 is 0 Å². The van der Waals surface area contributed by atoms with Gasteiger partial charge in [0.25, 0.3) is 0 Å². The van der Waals surface area contributed by atoms with Crippen molar-refractivity contribution in [3.8, 4) is 0 Å². The lowest BCUT2D eigenvalue weighted by atomic mass is 9.84. The Bertz CT molecular complexity index is 197. The summed E-state index contributed by atoms with van der Waals surface area (Å²) in [6.07, 6.45) is 9.99. The number of hydrogen-bond donors (Lipinski definition) is 1. The maximum atomic E-state index is 5.33. The molecule has 1 unspecified atom stereocenters. The molecule has 0 aromatic rings. The molecule has 2 fully saturated rings. The minimum absolute atomic E-state index is 0.613. The van der Waals surface area contributed by atoms with E-state index in [-0.39, 0.29) is 0 Å². The van der Waals surface area contributed by atoms with E-state index in [1.165, 1.54) is 44.9 Å². The summed E-state index contributed by atoms with van der Waals surface area (Å²) in [6.45, 7) is 3.27. The lowest BCUT2D eigenvalue weighted by Crippen LogP contribution is -2.44. The molecule has 2 atom stereocenters. The molecule has 94 valence electrons. The van der Waals surface area contributed by atoms with Gasteiger partial charge in [-0.25, -0.2) is 0 Å². The fourth-order valence-electron chi connectivity index (χ4n) is 3.11. The smallest absolute Gasteiger partial charge is 0.0618 e. The van der Waals surface area contributed by atoms with Crippen LogP contribution in [0.5, 0.6) is 0 Å². The molecule has 0 spiro atoms. The summed E-state index contributed by atoms with van der Waals surface area (Å²) < 4.78 is 5.33. The van der Waals surface area contributed by atoms with Crippen molar-refractivity contribution in [3.05, 3.63) is 0 Å². The summed E-state index contributed by atoms with van der Waals surface area (Å²) in [6, 6.07) is 1.29. The standard InChI is InChI=1S/C14H27NO/c1-11(12-6-4-3-5-7-12)15-14(10-16-2)13-8-9-13/h11-15H,3-10H2,1-2H3/t11-,14?/m1/s1. The lowest BCUT2D eigenvalue weighted by Gasteiger charge is -2.31. The molecule has 2 nitrogen and oxygen atoms in total. The Morgan fingerprint density at radius 3 is 2.31 bits per heavy atom. The average Bonchev–Trinajstić information content (AvgIpc) is 3.13. The highest BCUT2D eigenvalue weighted by atomic mass is 16.5. The third-order valence-electron chi connectivity index (χ3n) is 4.37. The molecule has 0 heterocycles. The van der Waals surface area contributed by atoms with E-state index in [1.54, 1.807) is 0 Å². The minimum atomic E-state index is 0.613. The molecule has 0 amide bonds. The summed E-state index contributed by atoms with van der Waals surface area (Å²) in [5.74, 6) is 1.80. The third kappa shape index (κ3) is 3.46. The monoisotopic (exact) mass is 225 g/mol. The Kier molecular flexibility index (Phi) is 4.66. The Morgan fingerprint density at radius 1 is 1.06 bits per heavy atom. The van der Waals surface area contributed by atoms with E-state index < -0.39 is 0 Å². The van der Waals surface area contributed by atoms with Crippen molar-refractivity contribution in [3.63, 3.8) is 0 Å². The molecule has 0 aromatic heterocycles. The number of methoxy groups -OCH3 is 1. The first-order valence-electron chi connectivity index (χ1n) is 7.06. The van der Waals surface area contributed by atoms with Gasteiger partial charge in [-0.05, 0) is 44.4 Å². The van der Waals surface area contributed by atoms with E-state index in [2.05, 4.69) is 12.2 Å². The molecular weight excluding hydrogens is 198 g/mol. The largest absolute Gasteiger partial charge is 0.383 e. The van der Waals surface area contributed by atoms with Gasteiger partial charge in [0.1, 0.15) is 0 Å². The highest BCUT2D eigenvalue weighted by molar-refractivity contribution is 4.89. The van der Waals surface area contributed by atoms with Crippen molar-refractivity contribution in [2.45, 2.75) is 64.0 Å². The van der Waals surface area contributed by atoms with Crippen molar-refractivity contribution in [2.75, 3.05) is 13.7 Å². The summed E-state index contributed by atoms with van der Waals surface area (Å²) >= 11 is 0. The zero-order valence-electron chi connectivity index (χ0n) is 10.9. The molecule has 2 rings (SSSR count). The molecule has 2 aliphatic carbocycles. The fourth-order valence-corrected chi connectivity index (χ4v) is 3.11. The molecule has 2 saturated carbocycles. The summed E-state index contributed by atoms with van der Waals surface area (Å²) in [4.78, 5) is 0. The molecule has 2 heteroatoms. The third-order valence-corrected chi connectivity index (χ3v) is 4.37. The second-order valence-electron chi connectivity index (χ2n) is 5.75. The van der Waals surface area contributed by atoms with Crippen molar-refractivity contribution >= 4 is 0 Å². The topological polar surface area (TPSA) is 21.3 Å². The highest BCUT2D eigenvalue weighted by Gasteiger charge is 2.33. The zero-order chi connectivity index (χ0) is 11.4. The number of ether oxygens (including phenoxy) is 1. The SMILES string of the molecule is COCC(N[C@H](C)C1CCCCC1)C1CC1.